The lowest BCUT2D eigenvalue weighted by atomic mass is 10.0. The standard InChI is InChI=1S/C19H26N2O5/c1-23-15-5-3-14(4-6-15)12-25-16-7-8-19(26-17(16)11-22)21-10-9-18(24-2)20-13-21/h3-6,9-10,16-17,19,22H,7-8,11-13H2,1-2H3/t16-,17+,19+/m0/s1. The summed E-state index contributed by atoms with van der Waals surface area (Å²) >= 11 is 0. The van der Waals surface area contributed by atoms with Crippen LogP contribution in [0.4, 0.5) is 0 Å². The van der Waals surface area contributed by atoms with Gasteiger partial charge in [-0.25, -0.2) is 4.99 Å². The summed E-state index contributed by atoms with van der Waals surface area (Å²) in [7, 11) is 3.24. The Morgan fingerprint density at radius 1 is 1.19 bits per heavy atom. The van der Waals surface area contributed by atoms with Crippen LogP contribution in [-0.2, 0) is 20.8 Å². The van der Waals surface area contributed by atoms with Gasteiger partial charge in [0.2, 0.25) is 5.90 Å². The predicted molar refractivity (Wildman–Crippen MR) is 96.8 cm³/mol. The summed E-state index contributed by atoms with van der Waals surface area (Å²) in [5, 5.41) is 9.72. The number of aliphatic hydroxyl groups is 1. The van der Waals surface area contributed by atoms with Crippen LogP contribution in [0.3, 0.4) is 0 Å². The summed E-state index contributed by atoms with van der Waals surface area (Å²) < 4.78 is 22.3. The highest BCUT2D eigenvalue weighted by Crippen LogP contribution is 2.26. The van der Waals surface area contributed by atoms with Gasteiger partial charge in [-0.3, -0.25) is 0 Å². The molecule has 3 atom stereocenters. The fourth-order valence-electron chi connectivity index (χ4n) is 3.10. The van der Waals surface area contributed by atoms with Crippen molar-refractivity contribution in [1.29, 1.82) is 0 Å². The molecule has 0 radical (unpaired) electrons. The van der Waals surface area contributed by atoms with Crippen molar-refractivity contribution in [2.75, 3.05) is 27.5 Å². The number of benzene rings is 1. The molecule has 2 aliphatic rings. The smallest absolute Gasteiger partial charge is 0.211 e. The van der Waals surface area contributed by atoms with E-state index in [1.165, 1.54) is 0 Å². The molecule has 3 rings (SSSR count). The highest BCUT2D eigenvalue weighted by Gasteiger charge is 2.34. The number of nitrogens with zero attached hydrogens (tertiary/aromatic N) is 2. The van der Waals surface area contributed by atoms with Crippen LogP contribution in [0.5, 0.6) is 5.75 Å². The molecule has 1 aromatic carbocycles. The summed E-state index contributed by atoms with van der Waals surface area (Å²) in [5.41, 5.74) is 1.06. The van der Waals surface area contributed by atoms with Crippen molar-refractivity contribution in [3.8, 4) is 5.75 Å². The van der Waals surface area contributed by atoms with Crippen molar-refractivity contribution in [3.63, 3.8) is 0 Å². The average Bonchev–Trinajstić information content (AvgIpc) is 2.72. The molecule has 26 heavy (non-hydrogen) atoms. The Morgan fingerprint density at radius 2 is 2.00 bits per heavy atom. The summed E-state index contributed by atoms with van der Waals surface area (Å²) in [4.78, 5) is 6.32. The van der Waals surface area contributed by atoms with Crippen LogP contribution in [0, 0.1) is 0 Å². The molecule has 0 aromatic heterocycles. The van der Waals surface area contributed by atoms with E-state index in [4.69, 9.17) is 18.9 Å². The largest absolute Gasteiger partial charge is 0.497 e. The molecular weight excluding hydrogens is 336 g/mol. The Kier molecular flexibility index (Phi) is 6.49. The van der Waals surface area contributed by atoms with E-state index in [9.17, 15) is 5.11 Å². The zero-order chi connectivity index (χ0) is 18.4. The summed E-state index contributed by atoms with van der Waals surface area (Å²) in [6.45, 7) is 0.887. The molecule has 1 fully saturated rings. The minimum absolute atomic E-state index is 0.0755. The lowest BCUT2D eigenvalue weighted by Crippen LogP contribution is -2.48. The molecule has 7 nitrogen and oxygen atoms in total. The molecule has 7 heteroatoms. The number of aliphatic hydroxyl groups excluding tert-OH is 1. The lowest BCUT2D eigenvalue weighted by molar-refractivity contribution is -0.189. The van der Waals surface area contributed by atoms with Crippen molar-refractivity contribution in [3.05, 3.63) is 42.1 Å². The normalized spacial score (nSPS) is 25.7. The maximum Gasteiger partial charge on any atom is 0.211 e. The number of hydrogen-bond acceptors (Lipinski definition) is 7. The SMILES string of the molecule is COC1=NCN([C@H]2CC[C@H](OCc3ccc(OC)cc3)[C@@H](CO)O2)C=C1. The number of rotatable bonds is 6. The van der Waals surface area contributed by atoms with Gasteiger partial charge in [0, 0.05) is 12.3 Å². The zero-order valence-electron chi connectivity index (χ0n) is 15.2. The van der Waals surface area contributed by atoms with Crippen LogP contribution in [0.25, 0.3) is 0 Å². The minimum Gasteiger partial charge on any atom is -0.497 e. The third kappa shape index (κ3) is 4.55. The first-order chi connectivity index (χ1) is 12.7. The Morgan fingerprint density at radius 3 is 2.62 bits per heavy atom. The molecule has 0 spiro atoms. The van der Waals surface area contributed by atoms with Crippen LogP contribution < -0.4 is 4.74 Å². The maximum absolute atomic E-state index is 9.72. The summed E-state index contributed by atoms with van der Waals surface area (Å²) in [5.74, 6) is 1.43. The number of methoxy groups -OCH3 is 2. The van der Waals surface area contributed by atoms with Gasteiger partial charge in [-0.2, -0.15) is 0 Å². The molecule has 0 aliphatic carbocycles. The first-order valence-electron chi connectivity index (χ1n) is 8.76. The third-order valence-electron chi connectivity index (χ3n) is 4.63. The molecule has 1 N–H and O–H groups in total. The van der Waals surface area contributed by atoms with E-state index in [0.29, 0.717) is 19.2 Å². The fraction of sp³-hybridized carbons (Fsp3) is 0.526. The lowest BCUT2D eigenvalue weighted by Gasteiger charge is -2.40. The van der Waals surface area contributed by atoms with Gasteiger partial charge in [-0.1, -0.05) is 12.1 Å². The van der Waals surface area contributed by atoms with Crippen molar-refractivity contribution >= 4 is 5.90 Å². The van der Waals surface area contributed by atoms with E-state index in [0.717, 1.165) is 24.2 Å². The van der Waals surface area contributed by atoms with E-state index in [2.05, 4.69) is 4.99 Å². The fourth-order valence-corrected chi connectivity index (χ4v) is 3.10. The first kappa shape index (κ1) is 18.7. The van der Waals surface area contributed by atoms with Crippen molar-refractivity contribution in [1.82, 2.24) is 4.90 Å². The van der Waals surface area contributed by atoms with Gasteiger partial charge in [0.25, 0.3) is 0 Å². The average molecular weight is 362 g/mol. The Bertz CT molecular complexity index is 631. The molecule has 1 saturated heterocycles. The van der Waals surface area contributed by atoms with Gasteiger partial charge in [0.1, 0.15) is 24.8 Å². The van der Waals surface area contributed by atoms with Gasteiger partial charge in [-0.05, 0) is 30.5 Å². The topological polar surface area (TPSA) is 72.8 Å². The van der Waals surface area contributed by atoms with Gasteiger partial charge in [0.05, 0.1) is 33.5 Å². The molecule has 0 bridgehead atoms. The molecule has 142 valence electrons. The second-order valence-electron chi connectivity index (χ2n) is 6.26. The quantitative estimate of drug-likeness (QED) is 0.833. The maximum atomic E-state index is 9.72. The van der Waals surface area contributed by atoms with E-state index in [1.807, 2.05) is 41.4 Å². The van der Waals surface area contributed by atoms with E-state index >= 15 is 0 Å². The van der Waals surface area contributed by atoms with Crippen LogP contribution >= 0.6 is 0 Å². The van der Waals surface area contributed by atoms with E-state index < -0.39 is 0 Å². The van der Waals surface area contributed by atoms with Crippen LogP contribution in [-0.4, -0.2) is 61.8 Å². The minimum atomic E-state index is -0.354. The highest BCUT2D eigenvalue weighted by molar-refractivity contribution is 5.87. The second kappa shape index (κ2) is 9.02. The van der Waals surface area contributed by atoms with Crippen molar-refractivity contribution in [2.45, 2.75) is 37.9 Å². The van der Waals surface area contributed by atoms with Gasteiger partial charge in [0.15, 0.2) is 0 Å². The molecular formula is C19H26N2O5. The predicted octanol–water partition coefficient (Wildman–Crippen LogP) is 1.91. The monoisotopic (exact) mass is 362 g/mol. The zero-order valence-corrected chi connectivity index (χ0v) is 15.2. The third-order valence-corrected chi connectivity index (χ3v) is 4.63. The molecule has 2 heterocycles. The number of ether oxygens (including phenoxy) is 4. The highest BCUT2D eigenvalue weighted by atomic mass is 16.6. The van der Waals surface area contributed by atoms with Crippen LogP contribution in [0.1, 0.15) is 18.4 Å². The molecule has 1 aromatic rings. The molecule has 0 saturated carbocycles. The number of aliphatic imine (C=N–C) groups is 1. The Balaban J connectivity index is 1.51. The first-order valence-corrected chi connectivity index (χ1v) is 8.76. The van der Waals surface area contributed by atoms with Gasteiger partial charge in [-0.15, -0.1) is 0 Å². The molecule has 0 amide bonds. The second-order valence-corrected chi connectivity index (χ2v) is 6.26. The van der Waals surface area contributed by atoms with E-state index in [-0.39, 0.29) is 25.0 Å². The summed E-state index contributed by atoms with van der Waals surface area (Å²) in [6, 6.07) is 7.77. The Hall–Kier alpha value is -2.09. The van der Waals surface area contributed by atoms with E-state index in [1.54, 1.807) is 14.2 Å². The molecule has 2 aliphatic heterocycles. The summed E-state index contributed by atoms with van der Waals surface area (Å²) in [6.07, 6.45) is 4.75. The number of hydrogen-bond donors (Lipinski definition) is 1. The van der Waals surface area contributed by atoms with Crippen LogP contribution in [0.15, 0.2) is 41.5 Å². The van der Waals surface area contributed by atoms with Crippen molar-refractivity contribution in [2.24, 2.45) is 4.99 Å². The van der Waals surface area contributed by atoms with Gasteiger partial charge < -0.3 is 29.0 Å². The van der Waals surface area contributed by atoms with Gasteiger partial charge >= 0.3 is 0 Å². The Labute approximate surface area is 153 Å². The molecule has 0 unspecified atom stereocenters. The van der Waals surface area contributed by atoms with Crippen molar-refractivity contribution < 1.29 is 24.1 Å². The van der Waals surface area contributed by atoms with Crippen LogP contribution in [0.2, 0.25) is 0 Å².